The van der Waals surface area contributed by atoms with Crippen LogP contribution >= 0.6 is 0 Å². The number of carbonyl (C=O) groups excluding carboxylic acids is 2. The summed E-state index contributed by atoms with van der Waals surface area (Å²) in [7, 11) is 2.75. The van der Waals surface area contributed by atoms with Crippen molar-refractivity contribution in [1.29, 1.82) is 0 Å². The first-order chi connectivity index (χ1) is 18.8. The quantitative estimate of drug-likeness (QED) is 0.439. The van der Waals surface area contributed by atoms with Gasteiger partial charge in [0.05, 0.1) is 25.5 Å². The number of anilines is 5. The van der Waals surface area contributed by atoms with Crippen LogP contribution in [0.5, 0.6) is 5.75 Å². The number of nitrogens with one attached hydrogen (secondary N) is 3. The summed E-state index contributed by atoms with van der Waals surface area (Å²) < 4.78 is 35.2. The van der Waals surface area contributed by atoms with Crippen LogP contribution in [0, 0.1) is 0 Å². The highest BCUT2D eigenvalue weighted by molar-refractivity contribution is 6.02. The van der Waals surface area contributed by atoms with E-state index in [1.54, 1.807) is 48.5 Å². The Bertz CT molecular complexity index is 1370. The van der Waals surface area contributed by atoms with E-state index in [1.165, 1.54) is 25.3 Å². The number of para-hydroxylation sites is 1. The first-order valence-corrected chi connectivity index (χ1v) is 12.6. The SMILES string of the molecule is COc1cc(C(=O)NC2CCCNC2)ccc1Nc1ncc2c(n1)N(c1ccccc1)CC(F)(F)C(=O)N2C. The normalized spacial score (nSPS) is 18.7. The van der Waals surface area contributed by atoms with Crippen molar-refractivity contribution in [3.8, 4) is 5.75 Å². The maximum absolute atomic E-state index is 14.9. The van der Waals surface area contributed by atoms with Crippen LogP contribution in [-0.2, 0) is 4.79 Å². The number of hydrogen-bond donors (Lipinski definition) is 3. The van der Waals surface area contributed by atoms with Crippen LogP contribution in [0.2, 0.25) is 0 Å². The van der Waals surface area contributed by atoms with Crippen molar-refractivity contribution in [3.63, 3.8) is 0 Å². The second kappa shape index (κ2) is 10.8. The van der Waals surface area contributed by atoms with Crippen molar-refractivity contribution in [2.75, 3.05) is 48.9 Å². The predicted molar refractivity (Wildman–Crippen MR) is 143 cm³/mol. The molecule has 0 radical (unpaired) electrons. The van der Waals surface area contributed by atoms with Gasteiger partial charge in [-0.25, -0.2) is 4.98 Å². The molecule has 39 heavy (non-hydrogen) atoms. The number of ether oxygens (including phenoxy) is 1. The van der Waals surface area contributed by atoms with E-state index in [2.05, 4.69) is 25.9 Å². The Morgan fingerprint density at radius 2 is 2.00 bits per heavy atom. The number of carbonyl (C=O) groups is 2. The van der Waals surface area contributed by atoms with Gasteiger partial charge in [-0.2, -0.15) is 13.8 Å². The van der Waals surface area contributed by atoms with E-state index in [1.807, 2.05) is 0 Å². The van der Waals surface area contributed by atoms with Gasteiger partial charge in [-0.15, -0.1) is 0 Å². The number of fused-ring (bicyclic) bond motifs is 1. The van der Waals surface area contributed by atoms with Gasteiger partial charge in [0.2, 0.25) is 5.95 Å². The van der Waals surface area contributed by atoms with E-state index in [0.717, 1.165) is 30.8 Å². The van der Waals surface area contributed by atoms with Crippen molar-refractivity contribution in [2.45, 2.75) is 24.8 Å². The Hall–Kier alpha value is -4.32. The lowest BCUT2D eigenvalue weighted by Gasteiger charge is -2.25. The van der Waals surface area contributed by atoms with Crippen molar-refractivity contribution in [2.24, 2.45) is 0 Å². The van der Waals surface area contributed by atoms with E-state index >= 15 is 0 Å². The van der Waals surface area contributed by atoms with E-state index in [9.17, 15) is 18.4 Å². The van der Waals surface area contributed by atoms with Crippen LogP contribution in [0.3, 0.4) is 0 Å². The smallest absolute Gasteiger partial charge is 0.342 e. The van der Waals surface area contributed by atoms with Gasteiger partial charge in [0.15, 0.2) is 5.82 Å². The number of piperidine rings is 1. The summed E-state index contributed by atoms with van der Waals surface area (Å²) in [5, 5.41) is 9.35. The molecule has 1 saturated heterocycles. The summed E-state index contributed by atoms with van der Waals surface area (Å²) in [6, 6.07) is 13.5. The van der Waals surface area contributed by atoms with Crippen molar-refractivity contribution < 1.29 is 23.1 Å². The average Bonchev–Trinajstić information content (AvgIpc) is 3.03. The third kappa shape index (κ3) is 5.46. The zero-order chi connectivity index (χ0) is 27.6. The lowest BCUT2D eigenvalue weighted by atomic mass is 10.1. The second-order valence-electron chi connectivity index (χ2n) is 9.45. The summed E-state index contributed by atoms with van der Waals surface area (Å²) in [6.45, 7) is 0.793. The monoisotopic (exact) mass is 537 g/mol. The Morgan fingerprint density at radius 1 is 1.21 bits per heavy atom. The van der Waals surface area contributed by atoms with Gasteiger partial charge in [-0.3, -0.25) is 9.59 Å². The molecule has 0 aliphatic carbocycles. The highest BCUT2D eigenvalue weighted by atomic mass is 19.3. The van der Waals surface area contributed by atoms with Crippen LogP contribution < -0.4 is 30.5 Å². The highest BCUT2D eigenvalue weighted by Gasteiger charge is 2.47. The molecule has 10 nitrogen and oxygen atoms in total. The van der Waals surface area contributed by atoms with Gasteiger partial charge in [0.25, 0.3) is 11.8 Å². The second-order valence-corrected chi connectivity index (χ2v) is 9.45. The van der Waals surface area contributed by atoms with Gasteiger partial charge < -0.3 is 30.5 Å². The van der Waals surface area contributed by atoms with Crippen LogP contribution in [-0.4, -0.2) is 67.5 Å². The third-order valence-electron chi connectivity index (χ3n) is 6.75. The molecule has 12 heteroatoms. The molecular formula is C27H29F2N7O3. The van der Waals surface area contributed by atoms with Crippen LogP contribution in [0.15, 0.2) is 54.7 Å². The summed E-state index contributed by atoms with van der Waals surface area (Å²) in [5.74, 6) is -4.58. The van der Waals surface area contributed by atoms with Crippen molar-refractivity contribution in [3.05, 3.63) is 60.3 Å². The molecule has 2 amide bonds. The molecule has 3 aromatic rings. The lowest BCUT2D eigenvalue weighted by Crippen LogP contribution is -2.45. The minimum atomic E-state index is -3.65. The molecule has 0 spiro atoms. The van der Waals surface area contributed by atoms with Gasteiger partial charge in [0.1, 0.15) is 11.4 Å². The Morgan fingerprint density at radius 3 is 2.72 bits per heavy atom. The largest absolute Gasteiger partial charge is 0.495 e. The van der Waals surface area contributed by atoms with Gasteiger partial charge in [0, 0.05) is 30.9 Å². The Labute approximate surface area is 224 Å². The predicted octanol–water partition coefficient (Wildman–Crippen LogP) is 3.46. The van der Waals surface area contributed by atoms with E-state index in [4.69, 9.17) is 4.74 Å². The van der Waals surface area contributed by atoms with Gasteiger partial charge >= 0.3 is 5.92 Å². The fourth-order valence-corrected chi connectivity index (χ4v) is 4.68. The molecule has 3 heterocycles. The van der Waals surface area contributed by atoms with Gasteiger partial charge in [-0.05, 0) is 49.7 Å². The summed E-state index contributed by atoms with van der Waals surface area (Å²) in [5.41, 5.74) is 1.50. The van der Waals surface area contributed by atoms with E-state index in [0.29, 0.717) is 22.7 Å². The maximum Gasteiger partial charge on any atom is 0.342 e. The van der Waals surface area contributed by atoms with E-state index in [-0.39, 0.29) is 29.4 Å². The molecule has 1 aromatic heterocycles. The maximum atomic E-state index is 14.9. The number of methoxy groups -OCH3 is 1. The standard InChI is InChI=1S/C27H29F2N7O3/c1-35-21-15-31-26(34-23(21)36(16-27(28,29)25(35)38)19-8-4-3-5-9-19)33-20-11-10-17(13-22(20)39-2)24(37)32-18-7-6-12-30-14-18/h3-5,8-11,13,15,18,30H,6-7,12,14,16H2,1-2H3,(H,32,37)(H,31,33,34). The molecule has 5 rings (SSSR count). The van der Waals surface area contributed by atoms with Crippen LogP contribution in [0.4, 0.5) is 37.6 Å². The Kier molecular flexibility index (Phi) is 7.29. The number of aromatic nitrogens is 2. The number of benzene rings is 2. The molecule has 0 saturated carbocycles. The average molecular weight is 538 g/mol. The van der Waals surface area contributed by atoms with Crippen molar-refractivity contribution in [1.82, 2.24) is 20.6 Å². The number of alkyl halides is 2. The topological polar surface area (TPSA) is 112 Å². The molecular weight excluding hydrogens is 508 g/mol. The first-order valence-electron chi connectivity index (χ1n) is 12.6. The zero-order valence-electron chi connectivity index (χ0n) is 21.6. The molecule has 1 atom stereocenters. The van der Waals surface area contributed by atoms with E-state index < -0.39 is 18.4 Å². The number of halogens is 2. The first kappa shape index (κ1) is 26.3. The Balaban J connectivity index is 1.44. The van der Waals surface area contributed by atoms with Crippen LogP contribution in [0.1, 0.15) is 23.2 Å². The molecule has 1 unspecified atom stereocenters. The fourth-order valence-electron chi connectivity index (χ4n) is 4.68. The summed E-state index contributed by atoms with van der Waals surface area (Å²) >= 11 is 0. The number of hydrogen-bond acceptors (Lipinski definition) is 8. The highest BCUT2D eigenvalue weighted by Crippen LogP contribution is 2.40. The molecule has 2 aliphatic heterocycles. The molecule has 2 aliphatic rings. The number of rotatable bonds is 6. The molecule has 1 fully saturated rings. The van der Waals surface area contributed by atoms with Crippen LogP contribution in [0.25, 0.3) is 0 Å². The summed E-state index contributed by atoms with van der Waals surface area (Å²) in [4.78, 5) is 36.3. The lowest BCUT2D eigenvalue weighted by molar-refractivity contribution is -0.140. The minimum Gasteiger partial charge on any atom is -0.495 e. The molecule has 0 bridgehead atoms. The zero-order valence-corrected chi connectivity index (χ0v) is 21.6. The number of nitrogens with zero attached hydrogens (tertiary/aromatic N) is 4. The molecule has 2 aromatic carbocycles. The molecule has 204 valence electrons. The number of amides is 2. The third-order valence-corrected chi connectivity index (χ3v) is 6.75. The summed E-state index contributed by atoms with van der Waals surface area (Å²) in [6.07, 6.45) is 3.24. The minimum absolute atomic E-state index is 0.0629. The fraction of sp³-hybridized carbons (Fsp3) is 0.333. The van der Waals surface area contributed by atoms with Crippen molar-refractivity contribution >= 4 is 40.6 Å². The van der Waals surface area contributed by atoms with Gasteiger partial charge in [-0.1, -0.05) is 18.2 Å². The molecule has 3 N–H and O–H groups in total.